The molecular weight excluding hydrogens is 246 g/mol. The van der Waals surface area contributed by atoms with Crippen LogP contribution in [0.4, 0.5) is 0 Å². The highest BCUT2D eigenvalue weighted by atomic mass is 35.7. The van der Waals surface area contributed by atoms with Crippen LogP contribution < -0.4 is 0 Å². The van der Waals surface area contributed by atoms with E-state index in [1.54, 1.807) is 6.92 Å². The standard InChI is InChI=1S/C7H8ClNO5S/c1-2-13-7(10)6-3-5(9-14-6)4-15(8,11)12/h3H,2,4H2,1H3. The largest absolute Gasteiger partial charge is 0.460 e. The van der Waals surface area contributed by atoms with E-state index in [2.05, 4.69) is 14.4 Å². The molecule has 1 aromatic rings. The van der Waals surface area contributed by atoms with Gasteiger partial charge in [0.2, 0.25) is 14.8 Å². The summed E-state index contributed by atoms with van der Waals surface area (Å²) in [5, 5.41) is 3.37. The summed E-state index contributed by atoms with van der Waals surface area (Å²) in [6.45, 7) is 1.83. The van der Waals surface area contributed by atoms with E-state index in [4.69, 9.17) is 10.7 Å². The lowest BCUT2D eigenvalue weighted by Crippen LogP contribution is -2.02. The Bertz CT molecular complexity index is 452. The molecule has 0 N–H and O–H groups in total. The molecule has 0 spiro atoms. The highest BCUT2D eigenvalue weighted by molar-refractivity contribution is 8.13. The monoisotopic (exact) mass is 253 g/mol. The van der Waals surface area contributed by atoms with Crippen molar-refractivity contribution in [3.05, 3.63) is 17.5 Å². The molecule has 0 aliphatic carbocycles. The Morgan fingerprint density at radius 1 is 1.67 bits per heavy atom. The van der Waals surface area contributed by atoms with Crippen LogP contribution >= 0.6 is 10.7 Å². The minimum absolute atomic E-state index is 0.0630. The minimum Gasteiger partial charge on any atom is -0.460 e. The van der Waals surface area contributed by atoms with E-state index in [0.717, 1.165) is 0 Å². The van der Waals surface area contributed by atoms with Gasteiger partial charge in [-0.15, -0.1) is 0 Å². The molecule has 0 radical (unpaired) electrons. The number of esters is 1. The van der Waals surface area contributed by atoms with Gasteiger partial charge in [-0.25, -0.2) is 13.2 Å². The summed E-state index contributed by atoms with van der Waals surface area (Å²) in [6, 6.07) is 1.18. The summed E-state index contributed by atoms with van der Waals surface area (Å²) in [5.74, 6) is -1.33. The molecule has 1 aromatic heterocycles. The van der Waals surface area contributed by atoms with E-state index in [-0.39, 0.29) is 18.1 Å². The van der Waals surface area contributed by atoms with Crippen molar-refractivity contribution in [2.75, 3.05) is 6.61 Å². The molecule has 0 saturated carbocycles. The van der Waals surface area contributed by atoms with Crippen LogP contribution in [0.15, 0.2) is 10.6 Å². The molecule has 0 bridgehead atoms. The van der Waals surface area contributed by atoms with Crippen molar-refractivity contribution in [1.82, 2.24) is 5.16 Å². The lowest BCUT2D eigenvalue weighted by atomic mass is 10.4. The van der Waals surface area contributed by atoms with E-state index in [1.165, 1.54) is 6.07 Å². The van der Waals surface area contributed by atoms with E-state index >= 15 is 0 Å². The molecule has 0 saturated heterocycles. The molecule has 1 rings (SSSR count). The molecule has 0 atom stereocenters. The van der Waals surface area contributed by atoms with E-state index in [0.29, 0.717) is 0 Å². The van der Waals surface area contributed by atoms with Gasteiger partial charge in [-0.3, -0.25) is 0 Å². The maximum Gasteiger partial charge on any atom is 0.377 e. The SMILES string of the molecule is CCOC(=O)c1cc(CS(=O)(=O)Cl)no1. The normalized spacial score (nSPS) is 11.3. The van der Waals surface area contributed by atoms with Crippen molar-refractivity contribution >= 4 is 25.7 Å². The molecule has 0 aliphatic rings. The Balaban J connectivity index is 2.77. The lowest BCUT2D eigenvalue weighted by Gasteiger charge is -1.94. The summed E-state index contributed by atoms with van der Waals surface area (Å²) in [5.41, 5.74) is 0.0630. The topological polar surface area (TPSA) is 86.5 Å². The Hall–Kier alpha value is -1.08. The smallest absolute Gasteiger partial charge is 0.377 e. The van der Waals surface area contributed by atoms with Crippen molar-refractivity contribution in [1.29, 1.82) is 0 Å². The molecule has 15 heavy (non-hydrogen) atoms. The third-order valence-corrected chi connectivity index (χ3v) is 2.32. The zero-order chi connectivity index (χ0) is 11.5. The molecule has 8 heteroatoms. The molecule has 0 aromatic carbocycles. The highest BCUT2D eigenvalue weighted by Crippen LogP contribution is 2.11. The third-order valence-electron chi connectivity index (χ3n) is 1.36. The predicted octanol–water partition coefficient (Wildman–Crippen LogP) is 0.920. The lowest BCUT2D eigenvalue weighted by molar-refractivity contribution is 0.0479. The van der Waals surface area contributed by atoms with Gasteiger partial charge in [-0.2, -0.15) is 0 Å². The Labute approximate surface area is 90.6 Å². The first-order valence-electron chi connectivity index (χ1n) is 3.97. The molecule has 6 nitrogen and oxygen atoms in total. The van der Waals surface area contributed by atoms with Crippen LogP contribution in [0.25, 0.3) is 0 Å². The van der Waals surface area contributed by atoms with Crippen LogP contribution in [-0.4, -0.2) is 26.2 Å². The van der Waals surface area contributed by atoms with Crippen molar-refractivity contribution in [3.63, 3.8) is 0 Å². The molecule has 0 amide bonds. The van der Waals surface area contributed by atoms with Crippen molar-refractivity contribution < 1.29 is 22.5 Å². The quantitative estimate of drug-likeness (QED) is 0.586. The van der Waals surface area contributed by atoms with Gasteiger partial charge in [-0.1, -0.05) is 5.16 Å². The zero-order valence-corrected chi connectivity index (χ0v) is 9.34. The van der Waals surface area contributed by atoms with E-state index in [1.807, 2.05) is 0 Å². The van der Waals surface area contributed by atoms with Crippen LogP contribution in [0.2, 0.25) is 0 Å². The van der Waals surface area contributed by atoms with Gasteiger partial charge in [0, 0.05) is 16.7 Å². The Morgan fingerprint density at radius 2 is 2.33 bits per heavy atom. The maximum atomic E-state index is 11.1. The number of hydrogen-bond acceptors (Lipinski definition) is 6. The maximum absolute atomic E-state index is 11.1. The fraction of sp³-hybridized carbons (Fsp3) is 0.429. The summed E-state index contributed by atoms with van der Waals surface area (Å²) < 4.78 is 30.5. The second-order valence-electron chi connectivity index (χ2n) is 2.59. The highest BCUT2D eigenvalue weighted by Gasteiger charge is 2.17. The first-order chi connectivity index (χ1) is 6.92. The third kappa shape index (κ3) is 3.88. The summed E-state index contributed by atoms with van der Waals surface area (Å²) in [7, 11) is 1.29. The molecule has 0 aliphatic heterocycles. The van der Waals surface area contributed by atoms with Gasteiger partial charge in [0.05, 0.1) is 6.61 Å². The molecule has 1 heterocycles. The van der Waals surface area contributed by atoms with Crippen LogP contribution in [0.5, 0.6) is 0 Å². The van der Waals surface area contributed by atoms with Crippen molar-refractivity contribution in [3.8, 4) is 0 Å². The van der Waals surface area contributed by atoms with Gasteiger partial charge < -0.3 is 9.26 Å². The Morgan fingerprint density at radius 3 is 2.87 bits per heavy atom. The zero-order valence-electron chi connectivity index (χ0n) is 7.77. The van der Waals surface area contributed by atoms with Crippen molar-refractivity contribution in [2.24, 2.45) is 0 Å². The number of nitrogens with zero attached hydrogens (tertiary/aromatic N) is 1. The molecule has 0 fully saturated rings. The number of halogens is 1. The molecule has 84 valence electrons. The summed E-state index contributed by atoms with van der Waals surface area (Å²) in [6.07, 6.45) is 0. The molecule has 0 unspecified atom stereocenters. The Kier molecular flexibility index (Phi) is 3.70. The summed E-state index contributed by atoms with van der Waals surface area (Å²) in [4.78, 5) is 11.1. The summed E-state index contributed by atoms with van der Waals surface area (Å²) >= 11 is 0. The van der Waals surface area contributed by atoms with Crippen LogP contribution in [0, 0.1) is 0 Å². The van der Waals surface area contributed by atoms with Gasteiger partial charge in [0.15, 0.2) is 0 Å². The van der Waals surface area contributed by atoms with Gasteiger partial charge in [0.25, 0.3) is 0 Å². The fourth-order valence-electron chi connectivity index (χ4n) is 0.855. The van der Waals surface area contributed by atoms with Crippen LogP contribution in [0.3, 0.4) is 0 Å². The van der Waals surface area contributed by atoms with E-state index < -0.39 is 20.8 Å². The van der Waals surface area contributed by atoms with Gasteiger partial charge in [0.1, 0.15) is 11.4 Å². The number of rotatable bonds is 4. The average molecular weight is 254 g/mol. The number of carbonyl (C=O) groups excluding carboxylic acids is 1. The van der Waals surface area contributed by atoms with Gasteiger partial charge in [-0.05, 0) is 6.92 Å². The molecular formula is C7H8ClNO5S. The van der Waals surface area contributed by atoms with Crippen LogP contribution in [0.1, 0.15) is 23.2 Å². The number of ether oxygens (including phenoxy) is 1. The van der Waals surface area contributed by atoms with Crippen molar-refractivity contribution in [2.45, 2.75) is 12.7 Å². The first kappa shape index (κ1) is 12.0. The van der Waals surface area contributed by atoms with Gasteiger partial charge >= 0.3 is 5.97 Å². The minimum atomic E-state index is -3.70. The number of carbonyl (C=O) groups is 1. The second kappa shape index (κ2) is 4.63. The second-order valence-corrected chi connectivity index (χ2v) is 5.36. The predicted molar refractivity (Wildman–Crippen MR) is 50.9 cm³/mol. The number of hydrogen-bond donors (Lipinski definition) is 0. The van der Waals surface area contributed by atoms with E-state index in [9.17, 15) is 13.2 Å². The first-order valence-corrected chi connectivity index (χ1v) is 6.45. The number of aromatic nitrogens is 1. The average Bonchev–Trinajstić information content (AvgIpc) is 2.50. The fourth-order valence-corrected chi connectivity index (χ4v) is 1.68. The van der Waals surface area contributed by atoms with Crippen LogP contribution in [-0.2, 0) is 19.5 Å².